The summed E-state index contributed by atoms with van der Waals surface area (Å²) in [5.74, 6) is 0.528. The van der Waals surface area contributed by atoms with Crippen LogP contribution < -0.4 is 10.5 Å². The van der Waals surface area contributed by atoms with Crippen molar-refractivity contribution in [2.24, 2.45) is 5.73 Å². The molecule has 0 heterocycles. The van der Waals surface area contributed by atoms with Crippen molar-refractivity contribution in [2.45, 2.75) is 17.9 Å². The van der Waals surface area contributed by atoms with E-state index >= 15 is 0 Å². The molecule has 2 aromatic rings. The molecule has 0 bridgehead atoms. The minimum absolute atomic E-state index is 0.135. The zero-order valence-corrected chi connectivity index (χ0v) is 12.9. The molecular weight excluding hydrogens is 286 g/mol. The maximum atomic E-state index is 12.4. The molecule has 4 nitrogen and oxygen atoms in total. The largest absolute Gasteiger partial charge is 0.497 e. The number of rotatable bonds is 5. The van der Waals surface area contributed by atoms with Crippen LogP contribution in [0.4, 0.5) is 0 Å². The molecule has 0 radical (unpaired) electrons. The number of hydrogen-bond donors (Lipinski definition) is 1. The van der Waals surface area contributed by atoms with Gasteiger partial charge in [0.05, 0.1) is 17.8 Å². The quantitative estimate of drug-likeness (QED) is 0.921. The highest BCUT2D eigenvalue weighted by Crippen LogP contribution is 2.22. The molecule has 21 heavy (non-hydrogen) atoms. The van der Waals surface area contributed by atoms with Gasteiger partial charge >= 0.3 is 0 Å². The van der Waals surface area contributed by atoms with Gasteiger partial charge in [0.15, 0.2) is 9.84 Å². The Bertz CT molecular complexity index is 726. The van der Waals surface area contributed by atoms with Gasteiger partial charge in [0.2, 0.25) is 0 Å². The Morgan fingerprint density at radius 2 is 1.86 bits per heavy atom. The Hall–Kier alpha value is -1.85. The van der Waals surface area contributed by atoms with Crippen molar-refractivity contribution in [3.05, 3.63) is 59.7 Å². The van der Waals surface area contributed by atoms with Crippen LogP contribution in [0.25, 0.3) is 0 Å². The number of aryl methyl sites for hydroxylation is 1. The van der Waals surface area contributed by atoms with Gasteiger partial charge in [-0.05, 0) is 42.3 Å². The van der Waals surface area contributed by atoms with Crippen LogP contribution in [0.15, 0.2) is 53.4 Å². The Labute approximate surface area is 125 Å². The third kappa shape index (κ3) is 3.83. The normalized spacial score (nSPS) is 12.9. The highest BCUT2D eigenvalue weighted by atomic mass is 32.2. The molecule has 0 fully saturated rings. The summed E-state index contributed by atoms with van der Waals surface area (Å²) in [5, 5.41) is 0. The lowest BCUT2D eigenvalue weighted by molar-refractivity contribution is 0.414. The standard InChI is InChI=1S/C16H19NO3S/c1-12-5-3-8-15(9-12)21(18,19)11-16(17)13-6-4-7-14(10-13)20-2/h3-10,16H,11,17H2,1-2H3. The predicted octanol–water partition coefficient (Wildman–Crippen LogP) is 2.48. The number of hydrogen-bond acceptors (Lipinski definition) is 4. The van der Waals surface area contributed by atoms with Crippen molar-refractivity contribution in [3.8, 4) is 5.75 Å². The van der Waals surface area contributed by atoms with E-state index in [-0.39, 0.29) is 5.75 Å². The minimum Gasteiger partial charge on any atom is -0.497 e. The lowest BCUT2D eigenvalue weighted by atomic mass is 10.1. The van der Waals surface area contributed by atoms with Crippen LogP contribution in [0.1, 0.15) is 17.2 Å². The molecule has 2 rings (SSSR count). The molecule has 0 aliphatic carbocycles. The first-order chi connectivity index (χ1) is 9.92. The molecule has 2 N–H and O–H groups in total. The number of ether oxygens (including phenoxy) is 1. The molecule has 112 valence electrons. The maximum Gasteiger partial charge on any atom is 0.180 e. The predicted molar refractivity (Wildman–Crippen MR) is 83.2 cm³/mol. The summed E-state index contributed by atoms with van der Waals surface area (Å²) in [6, 6.07) is 13.4. The molecule has 0 aliphatic rings. The SMILES string of the molecule is COc1cccc(C(N)CS(=O)(=O)c2cccc(C)c2)c1. The Balaban J connectivity index is 2.23. The average Bonchev–Trinajstić information content (AvgIpc) is 2.47. The van der Waals surface area contributed by atoms with Gasteiger partial charge in [-0.3, -0.25) is 0 Å². The molecular formula is C16H19NO3S. The van der Waals surface area contributed by atoms with Crippen molar-refractivity contribution in [3.63, 3.8) is 0 Å². The van der Waals surface area contributed by atoms with Crippen LogP contribution in [0.2, 0.25) is 0 Å². The summed E-state index contributed by atoms with van der Waals surface area (Å²) in [5.41, 5.74) is 7.70. The third-order valence-electron chi connectivity index (χ3n) is 3.27. The smallest absolute Gasteiger partial charge is 0.180 e. The van der Waals surface area contributed by atoms with Crippen LogP contribution in [0, 0.1) is 6.92 Å². The van der Waals surface area contributed by atoms with Crippen molar-refractivity contribution >= 4 is 9.84 Å². The summed E-state index contributed by atoms with van der Waals surface area (Å²) in [6.07, 6.45) is 0. The van der Waals surface area contributed by atoms with Gasteiger partial charge in [0.1, 0.15) is 5.75 Å². The van der Waals surface area contributed by atoms with E-state index in [2.05, 4.69) is 0 Å². The van der Waals surface area contributed by atoms with Crippen molar-refractivity contribution < 1.29 is 13.2 Å². The number of nitrogens with two attached hydrogens (primary N) is 1. The van der Waals surface area contributed by atoms with Gasteiger partial charge in [-0.25, -0.2) is 8.42 Å². The van der Waals surface area contributed by atoms with Gasteiger partial charge < -0.3 is 10.5 Å². The molecule has 0 amide bonds. The molecule has 0 aromatic heterocycles. The second-order valence-electron chi connectivity index (χ2n) is 4.98. The first kappa shape index (κ1) is 15.5. The van der Waals surface area contributed by atoms with Gasteiger partial charge in [0.25, 0.3) is 0 Å². The fourth-order valence-corrected chi connectivity index (χ4v) is 3.62. The van der Waals surface area contributed by atoms with Crippen LogP contribution in [0.5, 0.6) is 5.75 Å². The first-order valence-corrected chi connectivity index (χ1v) is 8.26. The van der Waals surface area contributed by atoms with Crippen LogP contribution in [0.3, 0.4) is 0 Å². The van der Waals surface area contributed by atoms with E-state index < -0.39 is 15.9 Å². The van der Waals surface area contributed by atoms with Gasteiger partial charge in [0, 0.05) is 6.04 Å². The second kappa shape index (κ2) is 6.28. The lowest BCUT2D eigenvalue weighted by Crippen LogP contribution is -2.22. The fraction of sp³-hybridized carbons (Fsp3) is 0.250. The average molecular weight is 305 g/mol. The number of methoxy groups -OCH3 is 1. The van der Waals surface area contributed by atoms with Gasteiger partial charge in [-0.15, -0.1) is 0 Å². The fourth-order valence-electron chi connectivity index (χ4n) is 2.11. The van der Waals surface area contributed by atoms with E-state index in [0.717, 1.165) is 11.1 Å². The number of sulfone groups is 1. The summed E-state index contributed by atoms with van der Waals surface area (Å²) in [4.78, 5) is 0.306. The van der Waals surface area contributed by atoms with Crippen molar-refractivity contribution in [2.75, 3.05) is 12.9 Å². The Morgan fingerprint density at radius 1 is 1.14 bits per heavy atom. The molecule has 1 unspecified atom stereocenters. The molecule has 0 aliphatic heterocycles. The van der Waals surface area contributed by atoms with E-state index in [0.29, 0.717) is 10.6 Å². The monoisotopic (exact) mass is 305 g/mol. The number of benzene rings is 2. The zero-order chi connectivity index (χ0) is 15.5. The van der Waals surface area contributed by atoms with E-state index in [4.69, 9.17) is 10.5 Å². The Morgan fingerprint density at radius 3 is 2.52 bits per heavy atom. The van der Waals surface area contributed by atoms with Crippen molar-refractivity contribution in [1.82, 2.24) is 0 Å². The van der Waals surface area contributed by atoms with Gasteiger partial charge in [-0.2, -0.15) is 0 Å². The lowest BCUT2D eigenvalue weighted by Gasteiger charge is -2.14. The Kier molecular flexibility index (Phi) is 4.65. The van der Waals surface area contributed by atoms with E-state index in [1.54, 1.807) is 49.6 Å². The molecule has 0 spiro atoms. The van der Waals surface area contributed by atoms with Crippen molar-refractivity contribution in [1.29, 1.82) is 0 Å². The van der Waals surface area contributed by atoms with Gasteiger partial charge in [-0.1, -0.05) is 24.3 Å². The zero-order valence-electron chi connectivity index (χ0n) is 12.1. The molecule has 5 heteroatoms. The topological polar surface area (TPSA) is 69.4 Å². The summed E-state index contributed by atoms with van der Waals surface area (Å²) in [7, 11) is -1.85. The first-order valence-electron chi connectivity index (χ1n) is 6.61. The highest BCUT2D eigenvalue weighted by Gasteiger charge is 2.20. The van der Waals surface area contributed by atoms with E-state index in [9.17, 15) is 8.42 Å². The maximum absolute atomic E-state index is 12.4. The highest BCUT2D eigenvalue weighted by molar-refractivity contribution is 7.91. The summed E-state index contributed by atoms with van der Waals surface area (Å²) < 4.78 is 30.0. The molecule has 1 atom stereocenters. The van der Waals surface area contributed by atoms with Crippen LogP contribution in [-0.2, 0) is 9.84 Å². The minimum atomic E-state index is -3.42. The van der Waals surface area contributed by atoms with E-state index in [1.165, 1.54) is 0 Å². The molecule has 0 saturated carbocycles. The van der Waals surface area contributed by atoms with E-state index in [1.807, 2.05) is 13.0 Å². The molecule has 0 saturated heterocycles. The van der Waals surface area contributed by atoms with Crippen LogP contribution >= 0.6 is 0 Å². The van der Waals surface area contributed by atoms with Crippen LogP contribution in [-0.4, -0.2) is 21.3 Å². The third-order valence-corrected chi connectivity index (χ3v) is 5.04. The summed E-state index contributed by atoms with van der Waals surface area (Å²) in [6.45, 7) is 1.86. The summed E-state index contributed by atoms with van der Waals surface area (Å²) >= 11 is 0. The molecule has 2 aromatic carbocycles. The second-order valence-corrected chi connectivity index (χ2v) is 7.02.